The van der Waals surface area contributed by atoms with Gasteiger partial charge in [0, 0.05) is 0 Å². The van der Waals surface area contributed by atoms with Crippen LogP contribution in [0, 0.1) is 0 Å². The average Bonchev–Trinajstić information content (AvgIpc) is 2.73. The summed E-state index contributed by atoms with van der Waals surface area (Å²) in [5.41, 5.74) is 4.23. The number of hydrogen-bond donors (Lipinski definition) is 1. The highest BCUT2D eigenvalue weighted by atomic mass is 16.5. The Bertz CT molecular complexity index is 920. The fraction of sp³-hybridized carbons (Fsp3) is 0.208. The van der Waals surface area contributed by atoms with E-state index >= 15 is 0 Å². The zero-order valence-electron chi connectivity index (χ0n) is 15.2. The standard InChI is InChI=1S/C24H23NO2/c26-24(25-22-15-8-12-19-11-4-5-13-20(19)22)21-14-6-7-16-23(21)27-17-18-9-2-1-3-10-18/h1-7,9-11,13-14,16,22H,8,12,15,17H2,(H,25,26). The Kier molecular flexibility index (Phi) is 5.20. The van der Waals surface area contributed by atoms with Gasteiger partial charge in [0.05, 0.1) is 11.6 Å². The summed E-state index contributed by atoms with van der Waals surface area (Å²) in [5.74, 6) is 0.531. The Morgan fingerprint density at radius 1 is 0.926 bits per heavy atom. The lowest BCUT2D eigenvalue weighted by Crippen LogP contribution is -2.31. The van der Waals surface area contributed by atoms with E-state index in [1.807, 2.05) is 60.7 Å². The SMILES string of the molecule is O=C(NC1CCCc2ccccc21)c1ccccc1OCc1ccccc1. The van der Waals surface area contributed by atoms with Gasteiger partial charge in [-0.3, -0.25) is 4.79 Å². The van der Waals surface area contributed by atoms with Crippen molar-refractivity contribution in [3.63, 3.8) is 0 Å². The van der Waals surface area contributed by atoms with Gasteiger partial charge in [0.25, 0.3) is 5.91 Å². The number of aryl methyl sites for hydroxylation is 1. The summed E-state index contributed by atoms with van der Waals surface area (Å²) >= 11 is 0. The molecule has 0 bridgehead atoms. The number of para-hydroxylation sites is 1. The first kappa shape index (κ1) is 17.3. The second kappa shape index (κ2) is 8.09. The number of carbonyl (C=O) groups is 1. The molecule has 3 nitrogen and oxygen atoms in total. The van der Waals surface area contributed by atoms with E-state index in [-0.39, 0.29) is 11.9 Å². The summed E-state index contributed by atoms with van der Waals surface area (Å²) in [6.45, 7) is 0.442. The van der Waals surface area contributed by atoms with Gasteiger partial charge >= 0.3 is 0 Å². The van der Waals surface area contributed by atoms with Crippen molar-refractivity contribution in [3.8, 4) is 5.75 Å². The normalized spacial score (nSPS) is 15.6. The first-order chi connectivity index (χ1) is 13.3. The smallest absolute Gasteiger partial charge is 0.255 e. The molecule has 3 aromatic rings. The van der Waals surface area contributed by atoms with Crippen LogP contribution in [-0.2, 0) is 13.0 Å². The van der Waals surface area contributed by atoms with Crippen molar-refractivity contribution in [1.82, 2.24) is 5.32 Å². The molecule has 1 N–H and O–H groups in total. The molecule has 1 amide bonds. The van der Waals surface area contributed by atoms with Crippen LogP contribution in [0.25, 0.3) is 0 Å². The molecule has 0 saturated heterocycles. The number of ether oxygens (including phenoxy) is 1. The largest absolute Gasteiger partial charge is 0.488 e. The summed E-state index contributed by atoms with van der Waals surface area (Å²) in [7, 11) is 0. The fourth-order valence-electron chi connectivity index (χ4n) is 3.66. The zero-order chi connectivity index (χ0) is 18.5. The molecule has 0 heterocycles. The molecule has 3 heteroatoms. The van der Waals surface area contributed by atoms with Gasteiger partial charge < -0.3 is 10.1 Å². The summed E-state index contributed by atoms with van der Waals surface area (Å²) < 4.78 is 5.94. The Morgan fingerprint density at radius 3 is 2.56 bits per heavy atom. The third kappa shape index (κ3) is 4.03. The first-order valence-electron chi connectivity index (χ1n) is 9.46. The number of amides is 1. The Balaban J connectivity index is 1.50. The molecule has 3 aromatic carbocycles. The number of carbonyl (C=O) groups excluding carboxylic acids is 1. The maximum absolute atomic E-state index is 13.0. The molecule has 27 heavy (non-hydrogen) atoms. The molecule has 0 aromatic heterocycles. The molecule has 0 radical (unpaired) electrons. The van der Waals surface area contributed by atoms with E-state index in [2.05, 4.69) is 23.5 Å². The topological polar surface area (TPSA) is 38.3 Å². The molecule has 0 aliphatic heterocycles. The first-order valence-corrected chi connectivity index (χ1v) is 9.46. The quantitative estimate of drug-likeness (QED) is 0.692. The van der Waals surface area contributed by atoms with Crippen LogP contribution in [0.1, 0.15) is 45.9 Å². The summed E-state index contributed by atoms with van der Waals surface area (Å²) in [6.07, 6.45) is 3.14. The van der Waals surface area contributed by atoms with Crippen LogP contribution in [-0.4, -0.2) is 5.91 Å². The second-order valence-electron chi connectivity index (χ2n) is 6.89. The van der Waals surface area contributed by atoms with Crippen LogP contribution in [0.5, 0.6) is 5.75 Å². The molecule has 0 fully saturated rings. The molecule has 4 rings (SSSR count). The Morgan fingerprint density at radius 2 is 1.67 bits per heavy atom. The number of benzene rings is 3. The summed E-state index contributed by atoms with van der Waals surface area (Å²) in [4.78, 5) is 13.0. The van der Waals surface area contributed by atoms with E-state index in [1.54, 1.807) is 0 Å². The van der Waals surface area contributed by atoms with Crippen LogP contribution in [0.2, 0.25) is 0 Å². The molecule has 1 atom stereocenters. The second-order valence-corrected chi connectivity index (χ2v) is 6.89. The molecular formula is C24H23NO2. The minimum Gasteiger partial charge on any atom is -0.488 e. The van der Waals surface area contributed by atoms with Crippen LogP contribution >= 0.6 is 0 Å². The minimum absolute atomic E-state index is 0.0598. The number of nitrogens with one attached hydrogen (secondary N) is 1. The van der Waals surface area contributed by atoms with Crippen LogP contribution in [0.15, 0.2) is 78.9 Å². The molecule has 0 saturated carbocycles. The number of rotatable bonds is 5. The minimum atomic E-state index is -0.0830. The molecule has 0 spiro atoms. The fourth-order valence-corrected chi connectivity index (χ4v) is 3.66. The molecular weight excluding hydrogens is 334 g/mol. The summed E-state index contributed by atoms with van der Waals surface area (Å²) in [6, 6.07) is 25.9. The van der Waals surface area contributed by atoms with Crippen molar-refractivity contribution in [1.29, 1.82) is 0 Å². The average molecular weight is 357 g/mol. The van der Waals surface area contributed by atoms with Gasteiger partial charge in [-0.05, 0) is 48.1 Å². The van der Waals surface area contributed by atoms with E-state index in [1.165, 1.54) is 11.1 Å². The van der Waals surface area contributed by atoms with Gasteiger partial charge in [0.1, 0.15) is 12.4 Å². The maximum atomic E-state index is 13.0. The molecule has 1 aliphatic rings. The van der Waals surface area contributed by atoms with Gasteiger partial charge in [-0.15, -0.1) is 0 Å². The molecule has 1 aliphatic carbocycles. The number of hydrogen-bond acceptors (Lipinski definition) is 2. The van der Waals surface area contributed by atoms with Crippen LogP contribution < -0.4 is 10.1 Å². The van der Waals surface area contributed by atoms with Crippen molar-refractivity contribution in [3.05, 3.63) is 101 Å². The van der Waals surface area contributed by atoms with Gasteiger partial charge in [0.2, 0.25) is 0 Å². The van der Waals surface area contributed by atoms with E-state index in [4.69, 9.17) is 4.74 Å². The number of fused-ring (bicyclic) bond motifs is 1. The van der Waals surface area contributed by atoms with Crippen molar-refractivity contribution in [2.75, 3.05) is 0 Å². The van der Waals surface area contributed by atoms with E-state index in [0.717, 1.165) is 24.8 Å². The van der Waals surface area contributed by atoms with Crippen molar-refractivity contribution >= 4 is 5.91 Å². The Labute approximate surface area is 160 Å². The van der Waals surface area contributed by atoms with Gasteiger partial charge in [-0.25, -0.2) is 0 Å². The highest BCUT2D eigenvalue weighted by Gasteiger charge is 2.23. The van der Waals surface area contributed by atoms with E-state index in [0.29, 0.717) is 17.9 Å². The van der Waals surface area contributed by atoms with Crippen LogP contribution in [0.4, 0.5) is 0 Å². The van der Waals surface area contributed by atoms with E-state index < -0.39 is 0 Å². The lowest BCUT2D eigenvalue weighted by molar-refractivity contribution is 0.0928. The molecule has 136 valence electrons. The van der Waals surface area contributed by atoms with Crippen molar-refractivity contribution in [2.24, 2.45) is 0 Å². The van der Waals surface area contributed by atoms with Crippen molar-refractivity contribution < 1.29 is 9.53 Å². The van der Waals surface area contributed by atoms with Gasteiger partial charge in [-0.2, -0.15) is 0 Å². The third-order valence-electron chi connectivity index (χ3n) is 5.04. The van der Waals surface area contributed by atoms with Gasteiger partial charge in [-0.1, -0.05) is 66.7 Å². The van der Waals surface area contributed by atoms with Gasteiger partial charge in [0.15, 0.2) is 0 Å². The Hall–Kier alpha value is -3.07. The zero-order valence-corrected chi connectivity index (χ0v) is 15.2. The predicted octanol–water partition coefficient (Wildman–Crippen LogP) is 5.07. The highest BCUT2D eigenvalue weighted by molar-refractivity contribution is 5.97. The monoisotopic (exact) mass is 357 g/mol. The molecule has 1 unspecified atom stereocenters. The summed E-state index contributed by atoms with van der Waals surface area (Å²) in [5, 5.41) is 3.21. The lowest BCUT2D eigenvalue weighted by Gasteiger charge is -2.26. The highest BCUT2D eigenvalue weighted by Crippen LogP contribution is 2.30. The van der Waals surface area contributed by atoms with Crippen molar-refractivity contribution in [2.45, 2.75) is 31.9 Å². The maximum Gasteiger partial charge on any atom is 0.255 e. The third-order valence-corrected chi connectivity index (χ3v) is 5.04. The lowest BCUT2D eigenvalue weighted by atomic mass is 9.87. The predicted molar refractivity (Wildman–Crippen MR) is 107 cm³/mol. The van der Waals surface area contributed by atoms with E-state index in [9.17, 15) is 4.79 Å². The van der Waals surface area contributed by atoms with Crippen LogP contribution in [0.3, 0.4) is 0 Å².